The van der Waals surface area contributed by atoms with Crippen LogP contribution >= 0.6 is 0 Å². The summed E-state index contributed by atoms with van der Waals surface area (Å²) in [6.45, 7) is 7.02. The maximum Gasteiger partial charge on any atom is 0.0707 e. The molecule has 3 nitrogen and oxygen atoms in total. The highest BCUT2D eigenvalue weighted by atomic mass is 16.3. The zero-order valence-electron chi connectivity index (χ0n) is 13.9. The number of rotatable bonds is 5. The lowest BCUT2D eigenvalue weighted by Gasteiger charge is -2.37. The molecule has 23 heavy (non-hydrogen) atoms. The monoisotopic (exact) mass is 310 g/mol. The van der Waals surface area contributed by atoms with Crippen LogP contribution in [0.5, 0.6) is 0 Å². The van der Waals surface area contributed by atoms with E-state index in [1.54, 1.807) is 0 Å². The summed E-state index contributed by atoms with van der Waals surface area (Å²) in [5.74, 6) is 0. The molecule has 2 aromatic carbocycles. The smallest absolute Gasteiger partial charge is 0.0707 e. The lowest BCUT2D eigenvalue weighted by Crippen LogP contribution is -2.49. The lowest BCUT2D eigenvalue weighted by molar-refractivity contribution is 0.109. The Labute approximate surface area is 139 Å². The maximum atomic E-state index is 10.3. The van der Waals surface area contributed by atoms with Gasteiger partial charge in [-0.1, -0.05) is 48.5 Å². The van der Waals surface area contributed by atoms with Crippen molar-refractivity contribution >= 4 is 5.69 Å². The lowest BCUT2D eigenvalue weighted by atomic mass is 10.1. The summed E-state index contributed by atoms with van der Waals surface area (Å²) in [5.41, 5.74) is 3.89. The van der Waals surface area contributed by atoms with Crippen molar-refractivity contribution in [1.29, 1.82) is 0 Å². The van der Waals surface area contributed by atoms with Crippen LogP contribution in [0.15, 0.2) is 54.6 Å². The predicted molar refractivity (Wildman–Crippen MR) is 96.0 cm³/mol. The summed E-state index contributed by atoms with van der Waals surface area (Å²) in [6.07, 6.45) is 0.446. The molecule has 0 saturated carbocycles. The predicted octanol–water partition coefficient (Wildman–Crippen LogP) is 2.72. The molecule has 3 rings (SSSR count). The summed E-state index contributed by atoms with van der Waals surface area (Å²) in [6, 6.07) is 18.8. The minimum absolute atomic E-state index is 0.289. The number of aliphatic hydroxyl groups excluding tert-OH is 1. The molecular formula is C20H26N2O. The Hall–Kier alpha value is -1.84. The van der Waals surface area contributed by atoms with E-state index in [0.717, 1.165) is 39.1 Å². The van der Waals surface area contributed by atoms with Gasteiger partial charge in [-0.15, -0.1) is 0 Å². The summed E-state index contributed by atoms with van der Waals surface area (Å²) < 4.78 is 0. The summed E-state index contributed by atoms with van der Waals surface area (Å²) in [4.78, 5) is 4.83. The Morgan fingerprint density at radius 1 is 0.913 bits per heavy atom. The van der Waals surface area contributed by atoms with Gasteiger partial charge >= 0.3 is 0 Å². The molecule has 1 aliphatic rings. The van der Waals surface area contributed by atoms with E-state index in [9.17, 15) is 5.11 Å². The third-order valence-corrected chi connectivity index (χ3v) is 4.61. The Kier molecular flexibility index (Phi) is 5.31. The number of anilines is 1. The van der Waals surface area contributed by atoms with Gasteiger partial charge in [0, 0.05) is 38.4 Å². The fourth-order valence-corrected chi connectivity index (χ4v) is 3.34. The summed E-state index contributed by atoms with van der Waals surface area (Å²) in [5, 5.41) is 10.3. The molecule has 122 valence electrons. The minimum Gasteiger partial charge on any atom is -0.391 e. The fraction of sp³-hybridized carbons (Fsp3) is 0.400. The molecule has 0 unspecified atom stereocenters. The van der Waals surface area contributed by atoms with E-state index in [2.05, 4.69) is 53.1 Å². The second-order valence-corrected chi connectivity index (χ2v) is 6.42. The van der Waals surface area contributed by atoms with Crippen molar-refractivity contribution in [1.82, 2.24) is 4.90 Å². The zero-order chi connectivity index (χ0) is 16.1. The zero-order valence-corrected chi connectivity index (χ0v) is 13.9. The Morgan fingerprint density at radius 2 is 1.57 bits per heavy atom. The van der Waals surface area contributed by atoms with Crippen molar-refractivity contribution < 1.29 is 5.11 Å². The van der Waals surface area contributed by atoms with Gasteiger partial charge in [-0.05, 0) is 30.5 Å². The maximum absolute atomic E-state index is 10.3. The Balaban J connectivity index is 1.48. The number of hydrogen-bond donors (Lipinski definition) is 1. The molecule has 0 amide bonds. The minimum atomic E-state index is -0.289. The van der Waals surface area contributed by atoms with Crippen LogP contribution in [-0.4, -0.2) is 48.8 Å². The van der Waals surface area contributed by atoms with Crippen LogP contribution in [0, 0.1) is 6.92 Å². The molecule has 0 spiro atoms. The number of benzene rings is 2. The molecule has 2 aromatic rings. The third-order valence-electron chi connectivity index (χ3n) is 4.61. The topological polar surface area (TPSA) is 26.7 Å². The van der Waals surface area contributed by atoms with Crippen LogP contribution in [0.4, 0.5) is 5.69 Å². The number of piperazine rings is 1. The highest BCUT2D eigenvalue weighted by Gasteiger charge is 2.20. The first-order valence-electron chi connectivity index (χ1n) is 8.47. The molecule has 0 aliphatic carbocycles. The molecule has 0 aromatic heterocycles. The van der Waals surface area contributed by atoms with Crippen LogP contribution < -0.4 is 4.90 Å². The SMILES string of the molecule is Cc1ccccc1N1CCN(C[C@@H](O)Cc2ccccc2)CC1. The fourth-order valence-electron chi connectivity index (χ4n) is 3.34. The summed E-state index contributed by atoms with van der Waals surface area (Å²) >= 11 is 0. The molecule has 1 atom stereocenters. The number of β-amino-alcohol motifs (C(OH)–C–C–N with tert-alkyl or cyclic N) is 1. The average Bonchev–Trinajstić information content (AvgIpc) is 2.57. The molecule has 1 fully saturated rings. The standard InChI is InChI=1S/C20H26N2O/c1-17-7-5-6-10-20(17)22-13-11-21(12-14-22)16-19(23)15-18-8-3-2-4-9-18/h2-10,19,23H,11-16H2,1H3/t19-/m0/s1. The van der Waals surface area contributed by atoms with Crippen molar-refractivity contribution in [2.24, 2.45) is 0 Å². The van der Waals surface area contributed by atoms with Crippen molar-refractivity contribution in [3.05, 3.63) is 65.7 Å². The highest BCUT2D eigenvalue weighted by Crippen LogP contribution is 2.20. The van der Waals surface area contributed by atoms with E-state index in [-0.39, 0.29) is 6.10 Å². The molecule has 0 radical (unpaired) electrons. The first-order valence-corrected chi connectivity index (χ1v) is 8.47. The Morgan fingerprint density at radius 3 is 2.26 bits per heavy atom. The second-order valence-electron chi connectivity index (χ2n) is 6.42. The Bertz CT molecular complexity index is 606. The van der Waals surface area contributed by atoms with Crippen molar-refractivity contribution in [2.75, 3.05) is 37.6 Å². The van der Waals surface area contributed by atoms with Gasteiger partial charge in [0.15, 0.2) is 0 Å². The van der Waals surface area contributed by atoms with E-state index in [0.29, 0.717) is 0 Å². The van der Waals surface area contributed by atoms with E-state index >= 15 is 0 Å². The van der Waals surface area contributed by atoms with E-state index in [1.807, 2.05) is 18.2 Å². The van der Waals surface area contributed by atoms with E-state index in [1.165, 1.54) is 16.8 Å². The van der Waals surface area contributed by atoms with Crippen molar-refractivity contribution in [3.8, 4) is 0 Å². The summed E-state index contributed by atoms with van der Waals surface area (Å²) in [7, 11) is 0. The quantitative estimate of drug-likeness (QED) is 0.920. The van der Waals surface area contributed by atoms with Gasteiger partial charge in [-0.3, -0.25) is 4.90 Å². The number of para-hydroxylation sites is 1. The van der Waals surface area contributed by atoms with Gasteiger partial charge in [0.1, 0.15) is 0 Å². The van der Waals surface area contributed by atoms with E-state index in [4.69, 9.17) is 0 Å². The van der Waals surface area contributed by atoms with Gasteiger partial charge in [-0.25, -0.2) is 0 Å². The number of aliphatic hydroxyl groups is 1. The largest absolute Gasteiger partial charge is 0.391 e. The van der Waals surface area contributed by atoms with Crippen LogP contribution in [0.3, 0.4) is 0 Å². The normalized spacial score (nSPS) is 17.2. The van der Waals surface area contributed by atoms with Gasteiger partial charge in [-0.2, -0.15) is 0 Å². The first-order chi connectivity index (χ1) is 11.2. The number of aryl methyl sites for hydroxylation is 1. The van der Waals surface area contributed by atoms with Gasteiger partial charge < -0.3 is 10.0 Å². The van der Waals surface area contributed by atoms with Gasteiger partial charge in [0.25, 0.3) is 0 Å². The van der Waals surface area contributed by atoms with Crippen LogP contribution in [0.1, 0.15) is 11.1 Å². The van der Waals surface area contributed by atoms with Gasteiger partial charge in [0.2, 0.25) is 0 Å². The molecule has 1 saturated heterocycles. The number of hydrogen-bond acceptors (Lipinski definition) is 3. The van der Waals surface area contributed by atoms with Crippen molar-refractivity contribution in [3.63, 3.8) is 0 Å². The van der Waals surface area contributed by atoms with Crippen molar-refractivity contribution in [2.45, 2.75) is 19.4 Å². The molecule has 0 bridgehead atoms. The third kappa shape index (κ3) is 4.34. The van der Waals surface area contributed by atoms with E-state index < -0.39 is 0 Å². The van der Waals surface area contributed by atoms with Crippen LogP contribution in [-0.2, 0) is 6.42 Å². The molecule has 3 heteroatoms. The first kappa shape index (κ1) is 16.0. The molecule has 1 heterocycles. The molecular weight excluding hydrogens is 284 g/mol. The molecule has 1 aliphatic heterocycles. The van der Waals surface area contributed by atoms with Crippen LogP contribution in [0.2, 0.25) is 0 Å². The highest BCUT2D eigenvalue weighted by molar-refractivity contribution is 5.53. The second kappa shape index (κ2) is 7.62. The average molecular weight is 310 g/mol. The number of nitrogens with zero attached hydrogens (tertiary/aromatic N) is 2. The van der Waals surface area contributed by atoms with Gasteiger partial charge in [0.05, 0.1) is 6.10 Å². The van der Waals surface area contributed by atoms with Crippen LogP contribution in [0.25, 0.3) is 0 Å². The molecule has 1 N–H and O–H groups in total.